The quantitative estimate of drug-likeness (QED) is 0.537. The van der Waals surface area contributed by atoms with Gasteiger partial charge < -0.3 is 8.94 Å². The van der Waals surface area contributed by atoms with Gasteiger partial charge in [-0.25, -0.2) is 18.1 Å². The molecule has 0 fully saturated rings. The summed E-state index contributed by atoms with van der Waals surface area (Å²) in [6, 6.07) is 14.1. The van der Waals surface area contributed by atoms with Crippen LogP contribution in [-0.2, 0) is 10.0 Å². The molecule has 28 heavy (non-hydrogen) atoms. The van der Waals surface area contributed by atoms with Crippen LogP contribution >= 0.6 is 0 Å². The highest BCUT2D eigenvalue weighted by Crippen LogP contribution is 2.35. The Hall–Kier alpha value is -3.39. The Morgan fingerprint density at radius 2 is 1.61 bits per heavy atom. The van der Waals surface area contributed by atoms with Crippen molar-refractivity contribution in [3.63, 3.8) is 0 Å². The fourth-order valence-corrected chi connectivity index (χ4v) is 4.14. The number of hydrogen-bond donors (Lipinski definition) is 1. The first kappa shape index (κ1) is 18.0. The molecule has 0 radical (unpaired) electrons. The summed E-state index contributed by atoms with van der Waals surface area (Å²) in [6.07, 6.45) is 3.02. The van der Waals surface area contributed by atoms with Gasteiger partial charge in [0, 0.05) is 16.7 Å². The molecule has 0 aliphatic heterocycles. The first-order valence-corrected chi connectivity index (χ1v) is 9.99. The molecule has 142 valence electrons. The van der Waals surface area contributed by atoms with Crippen molar-refractivity contribution in [2.75, 3.05) is 4.72 Å². The lowest BCUT2D eigenvalue weighted by molar-refractivity contribution is 0.430. The molecule has 8 heteroatoms. The highest BCUT2D eigenvalue weighted by atomic mass is 32.2. The van der Waals surface area contributed by atoms with E-state index in [4.69, 9.17) is 8.94 Å². The molecular weight excluding hydrogens is 378 g/mol. The number of nitrogens with one attached hydrogen (secondary N) is 1. The summed E-state index contributed by atoms with van der Waals surface area (Å²) in [6.45, 7) is 3.49. The Labute approximate surface area is 162 Å². The number of nitrogens with zero attached hydrogens (tertiary/aromatic N) is 2. The second-order valence-electron chi connectivity index (χ2n) is 6.21. The molecule has 2 heterocycles. The van der Waals surface area contributed by atoms with Crippen LogP contribution in [0.5, 0.6) is 0 Å². The Kier molecular flexibility index (Phi) is 4.48. The number of anilines is 1. The lowest BCUT2D eigenvalue weighted by Crippen LogP contribution is -2.14. The molecule has 2 aromatic carbocycles. The van der Waals surface area contributed by atoms with E-state index in [0.29, 0.717) is 33.8 Å². The molecule has 0 saturated carbocycles. The average molecular weight is 395 g/mol. The number of hydrogen-bond acceptors (Lipinski definition) is 6. The van der Waals surface area contributed by atoms with Gasteiger partial charge in [-0.05, 0) is 31.5 Å². The molecule has 0 unspecified atom stereocenters. The van der Waals surface area contributed by atoms with Crippen LogP contribution in [0.25, 0.3) is 22.6 Å². The summed E-state index contributed by atoms with van der Waals surface area (Å²) in [5.74, 6) is 0.519. The molecule has 1 N–H and O–H groups in total. The minimum atomic E-state index is -3.92. The fourth-order valence-electron chi connectivity index (χ4n) is 2.87. The van der Waals surface area contributed by atoms with Crippen LogP contribution in [0.15, 0.2) is 74.8 Å². The highest BCUT2D eigenvalue weighted by molar-refractivity contribution is 7.92. The van der Waals surface area contributed by atoms with Crippen molar-refractivity contribution < 1.29 is 17.4 Å². The van der Waals surface area contributed by atoms with E-state index in [9.17, 15) is 8.42 Å². The summed E-state index contributed by atoms with van der Waals surface area (Å²) < 4.78 is 39.3. The number of sulfonamides is 1. The maximum atomic E-state index is 13.1. The van der Waals surface area contributed by atoms with E-state index in [-0.39, 0.29) is 10.8 Å². The van der Waals surface area contributed by atoms with Crippen molar-refractivity contribution in [3.05, 3.63) is 72.2 Å². The van der Waals surface area contributed by atoms with Gasteiger partial charge in [0.25, 0.3) is 10.0 Å². The molecule has 2 aromatic heterocycles. The van der Waals surface area contributed by atoms with Gasteiger partial charge in [0.15, 0.2) is 0 Å². The van der Waals surface area contributed by atoms with E-state index < -0.39 is 10.0 Å². The van der Waals surface area contributed by atoms with Gasteiger partial charge >= 0.3 is 0 Å². The second kappa shape index (κ2) is 6.97. The molecule has 4 aromatic rings. The van der Waals surface area contributed by atoms with E-state index in [2.05, 4.69) is 14.9 Å². The van der Waals surface area contributed by atoms with E-state index in [1.54, 1.807) is 44.3 Å². The summed E-state index contributed by atoms with van der Waals surface area (Å²) in [5, 5.41) is 3.80. The molecule has 0 saturated heterocycles. The van der Waals surface area contributed by atoms with Gasteiger partial charge in [-0.15, -0.1) is 0 Å². The summed E-state index contributed by atoms with van der Waals surface area (Å²) >= 11 is 0. The first-order valence-electron chi connectivity index (χ1n) is 8.51. The maximum Gasteiger partial charge on any atom is 0.264 e. The molecule has 7 nitrogen and oxygen atoms in total. The second-order valence-corrected chi connectivity index (χ2v) is 7.86. The Morgan fingerprint density at radius 3 is 2.25 bits per heavy atom. The average Bonchev–Trinajstić information content (AvgIpc) is 3.34. The molecule has 0 aliphatic carbocycles. The van der Waals surface area contributed by atoms with Crippen molar-refractivity contribution in [2.45, 2.75) is 18.7 Å². The molecule has 0 spiro atoms. The molecule has 0 amide bonds. The Balaban J connectivity index is 1.84. The lowest BCUT2D eigenvalue weighted by atomic mass is 9.99. The Bertz CT molecular complexity index is 1230. The van der Waals surface area contributed by atoms with Crippen LogP contribution < -0.4 is 4.72 Å². The molecular formula is C20H17N3O4S. The predicted molar refractivity (Wildman–Crippen MR) is 104 cm³/mol. The minimum Gasteiger partial charge on any atom is -0.445 e. The summed E-state index contributed by atoms with van der Waals surface area (Å²) in [7, 11) is -3.92. The van der Waals surface area contributed by atoms with Crippen molar-refractivity contribution in [3.8, 4) is 22.6 Å². The molecule has 4 rings (SSSR count). The van der Waals surface area contributed by atoms with Crippen molar-refractivity contribution >= 4 is 15.9 Å². The molecule has 0 bridgehead atoms. The summed E-state index contributed by atoms with van der Waals surface area (Å²) in [4.78, 5) is 4.30. The van der Waals surface area contributed by atoms with Crippen molar-refractivity contribution in [1.29, 1.82) is 0 Å². The SMILES string of the molecule is Cc1noc(NS(=O)(=O)c2ccccc2-c2ccccc2-c2ncco2)c1C. The Morgan fingerprint density at radius 1 is 0.929 bits per heavy atom. The number of rotatable bonds is 5. The minimum absolute atomic E-state index is 0.105. The van der Waals surface area contributed by atoms with Crippen LogP contribution in [0.3, 0.4) is 0 Å². The third-order valence-corrected chi connectivity index (χ3v) is 5.83. The van der Waals surface area contributed by atoms with Crippen LogP contribution in [0.1, 0.15) is 11.3 Å². The normalized spacial score (nSPS) is 11.5. The van der Waals surface area contributed by atoms with Gasteiger partial charge in [-0.2, -0.15) is 0 Å². The topological polar surface area (TPSA) is 98.2 Å². The fraction of sp³-hybridized carbons (Fsp3) is 0.100. The smallest absolute Gasteiger partial charge is 0.264 e. The zero-order valence-corrected chi connectivity index (χ0v) is 16.0. The maximum absolute atomic E-state index is 13.1. The predicted octanol–water partition coefficient (Wildman–Crippen LogP) is 4.41. The number of aryl methyl sites for hydroxylation is 1. The van der Waals surface area contributed by atoms with E-state index in [0.717, 1.165) is 0 Å². The third-order valence-electron chi connectivity index (χ3n) is 4.44. The van der Waals surface area contributed by atoms with Crippen LogP contribution in [-0.4, -0.2) is 18.6 Å². The zero-order valence-electron chi connectivity index (χ0n) is 15.2. The molecule has 0 aliphatic rings. The third kappa shape index (κ3) is 3.18. The highest BCUT2D eigenvalue weighted by Gasteiger charge is 2.24. The largest absolute Gasteiger partial charge is 0.445 e. The van der Waals surface area contributed by atoms with Gasteiger partial charge in [-0.1, -0.05) is 41.6 Å². The van der Waals surface area contributed by atoms with Gasteiger partial charge in [0.2, 0.25) is 11.8 Å². The standard InChI is InChI=1S/C20H17N3O4S/c1-13-14(2)22-27-19(13)23-28(24,25)18-10-6-5-8-16(18)15-7-3-4-9-17(15)20-21-11-12-26-20/h3-12,23H,1-2H3. The van der Waals surface area contributed by atoms with Crippen LogP contribution in [0, 0.1) is 13.8 Å². The number of aromatic nitrogens is 2. The number of benzene rings is 2. The van der Waals surface area contributed by atoms with Gasteiger partial charge in [-0.3, -0.25) is 0 Å². The van der Waals surface area contributed by atoms with Crippen molar-refractivity contribution in [1.82, 2.24) is 10.1 Å². The monoisotopic (exact) mass is 395 g/mol. The molecule has 0 atom stereocenters. The van der Waals surface area contributed by atoms with Gasteiger partial charge in [0.05, 0.1) is 16.8 Å². The van der Waals surface area contributed by atoms with Crippen LogP contribution in [0.4, 0.5) is 5.88 Å². The van der Waals surface area contributed by atoms with Crippen LogP contribution in [0.2, 0.25) is 0 Å². The van der Waals surface area contributed by atoms with Crippen molar-refractivity contribution in [2.24, 2.45) is 0 Å². The number of oxazole rings is 1. The zero-order chi connectivity index (χ0) is 19.7. The lowest BCUT2D eigenvalue weighted by Gasteiger charge is -2.13. The first-order chi connectivity index (χ1) is 13.5. The van der Waals surface area contributed by atoms with E-state index in [1.165, 1.54) is 6.26 Å². The van der Waals surface area contributed by atoms with E-state index in [1.807, 2.05) is 24.3 Å². The van der Waals surface area contributed by atoms with Gasteiger partial charge in [0.1, 0.15) is 6.26 Å². The van der Waals surface area contributed by atoms with E-state index >= 15 is 0 Å². The summed E-state index contributed by atoms with van der Waals surface area (Å²) in [5.41, 5.74) is 3.18.